The second-order valence-electron chi connectivity index (χ2n) is 7.78. The maximum Gasteiger partial charge on any atom is 0.265 e. The van der Waals surface area contributed by atoms with Crippen LogP contribution in [0.2, 0.25) is 0 Å². The molecule has 0 bridgehead atoms. The number of carbonyl (C=O) groups excluding carboxylic acids is 2. The van der Waals surface area contributed by atoms with Crippen LogP contribution in [0.3, 0.4) is 0 Å². The Kier molecular flexibility index (Phi) is 6.10. The van der Waals surface area contributed by atoms with E-state index in [0.29, 0.717) is 18.8 Å². The molecule has 0 aliphatic carbocycles. The van der Waals surface area contributed by atoms with Gasteiger partial charge < -0.3 is 19.9 Å². The van der Waals surface area contributed by atoms with Gasteiger partial charge in [-0.25, -0.2) is 0 Å². The van der Waals surface area contributed by atoms with Crippen molar-refractivity contribution in [2.75, 3.05) is 31.1 Å². The van der Waals surface area contributed by atoms with E-state index in [1.165, 1.54) is 31.5 Å². The maximum absolute atomic E-state index is 12.3. The fourth-order valence-corrected chi connectivity index (χ4v) is 4.02. The Balaban J connectivity index is 1.24. The van der Waals surface area contributed by atoms with Gasteiger partial charge in [-0.1, -0.05) is 36.4 Å². The first-order valence-corrected chi connectivity index (χ1v) is 10.4. The Morgan fingerprint density at radius 2 is 1.76 bits per heavy atom. The minimum atomic E-state index is -0.118. The van der Waals surface area contributed by atoms with E-state index < -0.39 is 0 Å². The van der Waals surface area contributed by atoms with Crippen LogP contribution in [0.5, 0.6) is 5.75 Å². The van der Waals surface area contributed by atoms with E-state index in [0.717, 1.165) is 17.8 Å². The molecule has 2 aromatic carbocycles. The van der Waals surface area contributed by atoms with Crippen LogP contribution in [0.4, 0.5) is 5.69 Å². The second kappa shape index (κ2) is 9.09. The summed E-state index contributed by atoms with van der Waals surface area (Å²) < 4.78 is 5.44. The van der Waals surface area contributed by atoms with Gasteiger partial charge in [-0.3, -0.25) is 9.59 Å². The molecular formula is C23H28N3O3+. The number of fused-ring (bicyclic) bond motifs is 1. The van der Waals surface area contributed by atoms with E-state index >= 15 is 0 Å². The minimum Gasteiger partial charge on any atom is -0.482 e. The summed E-state index contributed by atoms with van der Waals surface area (Å²) in [6.07, 6.45) is 2.93. The standard InChI is InChI=1S/C23H27N3O3/c27-22(11-14-26-20-5-1-2-6-21(20)29-17-23(26)28)24-15-18-7-9-19(10-8-18)16-25-12-3-4-13-25/h1-2,5-10H,3-4,11-17H2,(H,24,27)/p+1. The Morgan fingerprint density at radius 3 is 2.55 bits per heavy atom. The van der Waals surface area contributed by atoms with E-state index in [2.05, 4.69) is 29.6 Å². The lowest BCUT2D eigenvalue weighted by Crippen LogP contribution is -3.08. The first-order chi connectivity index (χ1) is 14.2. The molecule has 1 saturated heterocycles. The molecule has 2 amide bonds. The predicted molar refractivity (Wildman–Crippen MR) is 111 cm³/mol. The van der Waals surface area contributed by atoms with Gasteiger partial charge >= 0.3 is 0 Å². The summed E-state index contributed by atoms with van der Waals surface area (Å²) in [7, 11) is 0. The molecule has 4 rings (SSSR count). The number of quaternary nitrogens is 1. The van der Waals surface area contributed by atoms with Crippen molar-refractivity contribution in [2.45, 2.75) is 32.4 Å². The van der Waals surface area contributed by atoms with Gasteiger partial charge in [-0.15, -0.1) is 0 Å². The number of amides is 2. The average molecular weight is 394 g/mol. The number of hydrogen-bond acceptors (Lipinski definition) is 3. The molecule has 0 unspecified atom stereocenters. The van der Waals surface area contributed by atoms with Gasteiger partial charge in [-0.2, -0.15) is 0 Å². The molecule has 2 aliphatic heterocycles. The van der Waals surface area contributed by atoms with Gasteiger partial charge in [0.2, 0.25) is 5.91 Å². The van der Waals surface area contributed by atoms with Crippen molar-refractivity contribution in [1.82, 2.24) is 5.32 Å². The van der Waals surface area contributed by atoms with Crippen LogP contribution in [-0.2, 0) is 22.7 Å². The number of para-hydroxylation sites is 2. The minimum absolute atomic E-state index is 0.0180. The fraction of sp³-hybridized carbons (Fsp3) is 0.391. The third-order valence-electron chi connectivity index (χ3n) is 5.65. The van der Waals surface area contributed by atoms with E-state index in [-0.39, 0.29) is 24.8 Å². The van der Waals surface area contributed by atoms with Crippen molar-refractivity contribution in [3.63, 3.8) is 0 Å². The van der Waals surface area contributed by atoms with Crippen molar-refractivity contribution in [3.8, 4) is 5.75 Å². The molecule has 6 heteroatoms. The molecule has 0 aromatic heterocycles. The van der Waals surface area contributed by atoms with Crippen molar-refractivity contribution < 1.29 is 19.2 Å². The Labute approximate surface area is 171 Å². The fourth-order valence-electron chi connectivity index (χ4n) is 4.02. The Bertz CT molecular complexity index is 860. The van der Waals surface area contributed by atoms with Gasteiger partial charge in [0.25, 0.3) is 5.91 Å². The lowest BCUT2D eigenvalue weighted by molar-refractivity contribution is -0.901. The Hall–Kier alpha value is -2.86. The van der Waals surface area contributed by atoms with Gasteiger partial charge in [0.1, 0.15) is 12.3 Å². The number of nitrogens with zero attached hydrogens (tertiary/aromatic N) is 1. The van der Waals surface area contributed by atoms with E-state index in [1.54, 1.807) is 9.80 Å². The molecule has 0 saturated carbocycles. The number of hydrogen-bond donors (Lipinski definition) is 2. The summed E-state index contributed by atoms with van der Waals surface area (Å²) >= 11 is 0. The monoisotopic (exact) mass is 394 g/mol. The van der Waals surface area contributed by atoms with Crippen LogP contribution < -0.4 is 19.9 Å². The zero-order valence-electron chi connectivity index (χ0n) is 16.7. The Morgan fingerprint density at radius 1 is 1.03 bits per heavy atom. The van der Waals surface area contributed by atoms with Gasteiger partial charge in [0.15, 0.2) is 6.61 Å². The van der Waals surface area contributed by atoms with Crippen molar-refractivity contribution in [3.05, 3.63) is 59.7 Å². The molecule has 0 radical (unpaired) electrons. The zero-order valence-corrected chi connectivity index (χ0v) is 16.7. The van der Waals surface area contributed by atoms with Crippen molar-refractivity contribution in [2.24, 2.45) is 0 Å². The number of rotatable bonds is 7. The highest BCUT2D eigenvalue weighted by molar-refractivity contribution is 5.98. The third-order valence-corrected chi connectivity index (χ3v) is 5.65. The summed E-state index contributed by atoms with van der Waals surface area (Å²) in [6.45, 7) is 4.50. The first-order valence-electron chi connectivity index (χ1n) is 10.4. The van der Waals surface area contributed by atoms with Crippen LogP contribution in [0.1, 0.15) is 30.4 Å². The third kappa shape index (κ3) is 4.95. The van der Waals surface area contributed by atoms with Crippen LogP contribution in [0.15, 0.2) is 48.5 Å². The second-order valence-corrected chi connectivity index (χ2v) is 7.78. The van der Waals surface area contributed by atoms with E-state index in [4.69, 9.17) is 4.74 Å². The number of likely N-dealkylation sites (tertiary alicyclic amines) is 1. The lowest BCUT2D eigenvalue weighted by Gasteiger charge is -2.29. The summed E-state index contributed by atoms with van der Waals surface area (Å²) in [4.78, 5) is 27.8. The molecule has 29 heavy (non-hydrogen) atoms. The summed E-state index contributed by atoms with van der Waals surface area (Å²) in [5, 5.41) is 2.96. The topological polar surface area (TPSA) is 63.1 Å². The molecule has 2 aliphatic rings. The van der Waals surface area contributed by atoms with Crippen LogP contribution in [0.25, 0.3) is 0 Å². The summed E-state index contributed by atoms with van der Waals surface area (Å²) in [5.74, 6) is 0.503. The summed E-state index contributed by atoms with van der Waals surface area (Å²) in [5.41, 5.74) is 3.17. The molecule has 2 N–H and O–H groups in total. The highest BCUT2D eigenvalue weighted by atomic mass is 16.5. The highest BCUT2D eigenvalue weighted by Crippen LogP contribution is 2.31. The molecule has 152 valence electrons. The molecule has 1 fully saturated rings. The van der Waals surface area contributed by atoms with E-state index in [1.807, 2.05) is 24.3 Å². The molecule has 0 spiro atoms. The lowest BCUT2D eigenvalue weighted by atomic mass is 10.1. The zero-order chi connectivity index (χ0) is 20.1. The number of ether oxygens (including phenoxy) is 1. The number of nitrogens with one attached hydrogen (secondary N) is 2. The quantitative estimate of drug-likeness (QED) is 0.744. The van der Waals surface area contributed by atoms with E-state index in [9.17, 15) is 9.59 Å². The van der Waals surface area contributed by atoms with Crippen LogP contribution >= 0.6 is 0 Å². The summed E-state index contributed by atoms with van der Waals surface area (Å²) in [6, 6.07) is 15.9. The highest BCUT2D eigenvalue weighted by Gasteiger charge is 2.25. The van der Waals surface area contributed by atoms with Gasteiger partial charge in [0.05, 0.1) is 18.8 Å². The number of anilines is 1. The smallest absolute Gasteiger partial charge is 0.265 e. The van der Waals surface area contributed by atoms with Crippen molar-refractivity contribution >= 4 is 17.5 Å². The van der Waals surface area contributed by atoms with Crippen molar-refractivity contribution in [1.29, 1.82) is 0 Å². The molecular weight excluding hydrogens is 366 g/mol. The van der Waals surface area contributed by atoms with Gasteiger partial charge in [-0.05, 0) is 17.7 Å². The van der Waals surface area contributed by atoms with Crippen LogP contribution in [0, 0.1) is 0 Å². The predicted octanol–water partition coefficient (Wildman–Crippen LogP) is 1.30. The molecule has 2 aromatic rings. The van der Waals surface area contributed by atoms with Gasteiger partial charge in [0, 0.05) is 37.9 Å². The first kappa shape index (κ1) is 19.5. The largest absolute Gasteiger partial charge is 0.482 e. The normalized spacial score (nSPS) is 16.4. The molecule has 0 atom stereocenters. The molecule has 6 nitrogen and oxygen atoms in total. The number of carbonyl (C=O) groups is 2. The average Bonchev–Trinajstić information content (AvgIpc) is 3.25. The molecule has 2 heterocycles. The maximum atomic E-state index is 12.3. The SMILES string of the molecule is O=C(CCN1C(=O)COc2ccccc21)NCc1ccc(C[NH+]2CCCC2)cc1. The van der Waals surface area contributed by atoms with Crippen LogP contribution in [-0.4, -0.2) is 38.1 Å². The number of benzene rings is 2.